The molecular weight excluding hydrogens is 378 g/mol. The molecule has 142 valence electrons. The van der Waals surface area contributed by atoms with E-state index in [-0.39, 0.29) is 11.3 Å². The molecule has 0 bridgehead atoms. The van der Waals surface area contributed by atoms with Crippen LogP contribution in [0.5, 0.6) is 11.5 Å². The van der Waals surface area contributed by atoms with Crippen LogP contribution in [-0.4, -0.2) is 17.2 Å². The summed E-state index contributed by atoms with van der Waals surface area (Å²) in [7, 11) is 1.60. The monoisotopic (exact) mass is 395 g/mol. The molecule has 0 aliphatic carbocycles. The average Bonchev–Trinajstić information content (AvgIpc) is 2.99. The fourth-order valence-electron chi connectivity index (χ4n) is 3.38. The lowest BCUT2D eigenvalue weighted by Crippen LogP contribution is -2.04. The van der Waals surface area contributed by atoms with Crippen LogP contribution >= 0.6 is 11.6 Å². The number of hydrogen-bond acceptors (Lipinski definition) is 4. The maximum absolute atomic E-state index is 12.6. The molecule has 28 heavy (non-hydrogen) atoms. The van der Waals surface area contributed by atoms with Crippen molar-refractivity contribution in [2.24, 2.45) is 0 Å². The number of H-pyrrole nitrogens is 1. The van der Waals surface area contributed by atoms with Gasteiger partial charge in [0.05, 0.1) is 12.8 Å². The van der Waals surface area contributed by atoms with Crippen molar-refractivity contribution in [1.29, 1.82) is 0 Å². The SMILES string of the molecule is COc1ccc(-c2[nH]c3cc(C)c(Cl)cc3c2-c2c(O)cc(C)oc2=O)cc1. The zero-order chi connectivity index (χ0) is 20.0. The van der Waals surface area contributed by atoms with E-state index in [1.54, 1.807) is 20.1 Å². The number of nitrogens with one attached hydrogen (secondary N) is 1. The van der Waals surface area contributed by atoms with Crippen LogP contribution in [0.1, 0.15) is 11.3 Å². The number of fused-ring (bicyclic) bond motifs is 1. The van der Waals surface area contributed by atoms with E-state index in [0.29, 0.717) is 22.0 Å². The summed E-state index contributed by atoms with van der Waals surface area (Å²) in [6, 6.07) is 12.6. The number of aromatic amines is 1. The predicted octanol–water partition coefficient (Wildman–Crippen LogP) is 5.44. The fraction of sp³-hybridized carbons (Fsp3) is 0.136. The van der Waals surface area contributed by atoms with Crippen molar-refractivity contribution < 1.29 is 14.3 Å². The largest absolute Gasteiger partial charge is 0.507 e. The number of rotatable bonds is 3. The highest BCUT2D eigenvalue weighted by atomic mass is 35.5. The van der Waals surface area contributed by atoms with Gasteiger partial charge in [-0.05, 0) is 61.4 Å². The predicted molar refractivity (Wildman–Crippen MR) is 110 cm³/mol. The normalized spacial score (nSPS) is 11.1. The third-order valence-electron chi connectivity index (χ3n) is 4.76. The number of ether oxygens (including phenoxy) is 1. The number of aryl methyl sites for hydroxylation is 2. The number of aromatic nitrogens is 1. The highest BCUT2D eigenvalue weighted by Gasteiger charge is 2.22. The molecule has 0 aliphatic rings. The second-order valence-electron chi connectivity index (χ2n) is 6.66. The first-order chi connectivity index (χ1) is 13.4. The number of hydrogen-bond donors (Lipinski definition) is 2. The molecule has 0 spiro atoms. The van der Waals surface area contributed by atoms with Crippen molar-refractivity contribution in [3.05, 3.63) is 69.2 Å². The van der Waals surface area contributed by atoms with Crippen LogP contribution in [0.25, 0.3) is 33.3 Å². The molecule has 6 heteroatoms. The molecule has 5 nitrogen and oxygen atoms in total. The Labute approximate surface area is 166 Å². The average molecular weight is 396 g/mol. The number of benzene rings is 2. The minimum Gasteiger partial charge on any atom is -0.507 e. The topological polar surface area (TPSA) is 75.5 Å². The Balaban J connectivity index is 2.10. The van der Waals surface area contributed by atoms with E-state index in [4.69, 9.17) is 20.8 Å². The van der Waals surface area contributed by atoms with E-state index in [9.17, 15) is 9.90 Å². The molecule has 0 fully saturated rings. The Hall–Kier alpha value is -3.18. The van der Waals surface area contributed by atoms with Gasteiger partial charge >= 0.3 is 5.63 Å². The van der Waals surface area contributed by atoms with Crippen LogP contribution in [0.2, 0.25) is 5.02 Å². The van der Waals surface area contributed by atoms with E-state index in [1.807, 2.05) is 37.3 Å². The summed E-state index contributed by atoms with van der Waals surface area (Å²) in [4.78, 5) is 16.0. The van der Waals surface area contributed by atoms with Crippen LogP contribution in [0, 0.1) is 13.8 Å². The zero-order valence-electron chi connectivity index (χ0n) is 15.6. The van der Waals surface area contributed by atoms with E-state index >= 15 is 0 Å². The molecule has 0 saturated carbocycles. The van der Waals surface area contributed by atoms with Gasteiger partial charge in [0.25, 0.3) is 0 Å². The van der Waals surface area contributed by atoms with Gasteiger partial charge in [-0.2, -0.15) is 0 Å². The smallest absolute Gasteiger partial charge is 0.347 e. The summed E-state index contributed by atoms with van der Waals surface area (Å²) in [6.07, 6.45) is 0. The Morgan fingerprint density at radius 1 is 1.07 bits per heavy atom. The van der Waals surface area contributed by atoms with Crippen molar-refractivity contribution in [2.45, 2.75) is 13.8 Å². The van der Waals surface area contributed by atoms with Crippen molar-refractivity contribution in [1.82, 2.24) is 4.98 Å². The second kappa shape index (κ2) is 6.77. The highest BCUT2D eigenvalue weighted by Crippen LogP contribution is 2.42. The van der Waals surface area contributed by atoms with Gasteiger partial charge in [0.2, 0.25) is 0 Å². The summed E-state index contributed by atoms with van der Waals surface area (Å²) < 4.78 is 10.5. The number of aromatic hydroxyl groups is 1. The van der Waals surface area contributed by atoms with Gasteiger partial charge in [-0.3, -0.25) is 0 Å². The summed E-state index contributed by atoms with van der Waals surface area (Å²) >= 11 is 6.35. The number of halogens is 1. The zero-order valence-corrected chi connectivity index (χ0v) is 16.3. The van der Waals surface area contributed by atoms with Crippen LogP contribution in [0.3, 0.4) is 0 Å². The van der Waals surface area contributed by atoms with Gasteiger partial charge in [0, 0.05) is 27.6 Å². The molecule has 2 aromatic carbocycles. The van der Waals surface area contributed by atoms with Crippen LogP contribution in [0.4, 0.5) is 0 Å². The minimum absolute atomic E-state index is 0.0996. The van der Waals surface area contributed by atoms with E-state index < -0.39 is 5.63 Å². The molecule has 0 aliphatic heterocycles. The third kappa shape index (κ3) is 2.94. The lowest BCUT2D eigenvalue weighted by molar-refractivity contribution is 0.415. The van der Waals surface area contributed by atoms with E-state index in [2.05, 4.69) is 4.98 Å². The molecular formula is C22H18ClNO4. The fourth-order valence-corrected chi connectivity index (χ4v) is 3.55. The van der Waals surface area contributed by atoms with E-state index in [1.165, 1.54) is 6.07 Å². The standard InChI is InChI=1S/C22H18ClNO4/c1-11-8-17-15(10-16(11)23)19(20-18(25)9-12(2)28-22(20)26)21(24-17)13-4-6-14(27-3)7-5-13/h4-10,24-25H,1-3H3. The molecule has 0 atom stereocenters. The molecule has 2 heterocycles. The quantitative estimate of drug-likeness (QED) is 0.484. The van der Waals surface area contributed by atoms with Crippen LogP contribution in [0.15, 0.2) is 51.7 Å². The molecule has 0 amide bonds. The van der Waals surface area contributed by atoms with Crippen molar-refractivity contribution in [3.8, 4) is 33.9 Å². The molecule has 0 unspecified atom stereocenters. The Morgan fingerprint density at radius 2 is 1.79 bits per heavy atom. The van der Waals surface area contributed by atoms with Crippen molar-refractivity contribution in [2.75, 3.05) is 7.11 Å². The summed E-state index contributed by atoms with van der Waals surface area (Å²) in [5, 5.41) is 11.9. The van der Waals surface area contributed by atoms with Crippen molar-refractivity contribution >= 4 is 22.5 Å². The molecule has 0 saturated heterocycles. The van der Waals surface area contributed by atoms with E-state index in [0.717, 1.165) is 27.8 Å². The third-order valence-corrected chi connectivity index (χ3v) is 5.17. The van der Waals surface area contributed by atoms with Gasteiger partial charge < -0.3 is 19.2 Å². The number of methoxy groups -OCH3 is 1. The molecule has 4 aromatic rings. The van der Waals surface area contributed by atoms with Crippen LogP contribution < -0.4 is 10.4 Å². The Kier molecular flexibility index (Phi) is 4.40. The van der Waals surface area contributed by atoms with Gasteiger partial charge in [0.1, 0.15) is 22.8 Å². The molecule has 2 N–H and O–H groups in total. The van der Waals surface area contributed by atoms with Gasteiger partial charge in [-0.25, -0.2) is 4.79 Å². The first-order valence-corrected chi connectivity index (χ1v) is 9.07. The highest BCUT2D eigenvalue weighted by molar-refractivity contribution is 6.32. The maximum atomic E-state index is 12.6. The van der Waals surface area contributed by atoms with Gasteiger partial charge in [-0.15, -0.1) is 0 Å². The lowest BCUT2D eigenvalue weighted by Gasteiger charge is -2.08. The first kappa shape index (κ1) is 18.2. The minimum atomic E-state index is -0.607. The van der Waals surface area contributed by atoms with Gasteiger partial charge in [-0.1, -0.05) is 11.6 Å². The summed E-state index contributed by atoms with van der Waals surface area (Å²) in [5.74, 6) is 0.921. The summed E-state index contributed by atoms with van der Waals surface area (Å²) in [6.45, 7) is 3.53. The molecule has 2 aromatic heterocycles. The lowest BCUT2D eigenvalue weighted by atomic mass is 9.98. The Morgan fingerprint density at radius 3 is 2.43 bits per heavy atom. The Bertz CT molecular complexity index is 1250. The van der Waals surface area contributed by atoms with Crippen LogP contribution in [-0.2, 0) is 0 Å². The maximum Gasteiger partial charge on any atom is 0.347 e. The first-order valence-electron chi connectivity index (χ1n) is 8.69. The van der Waals surface area contributed by atoms with Gasteiger partial charge in [0.15, 0.2) is 0 Å². The second-order valence-corrected chi connectivity index (χ2v) is 7.06. The summed E-state index contributed by atoms with van der Waals surface area (Å²) in [5.41, 5.74) is 3.28. The molecule has 0 radical (unpaired) electrons. The van der Waals surface area contributed by atoms with Crippen molar-refractivity contribution in [3.63, 3.8) is 0 Å². The molecule has 4 rings (SSSR count).